The largest absolute Gasteiger partial charge is 0.452 e. The number of amides is 1. The highest BCUT2D eigenvalue weighted by molar-refractivity contribution is 5.98. The molecular weight excluding hydrogens is 453 g/mol. The molecule has 3 unspecified atom stereocenters. The Hall–Kier alpha value is -2.62. The fourth-order valence-corrected chi connectivity index (χ4v) is 5.12. The molecule has 4 rings (SSSR count). The van der Waals surface area contributed by atoms with Crippen LogP contribution in [0.5, 0.6) is 0 Å². The summed E-state index contributed by atoms with van der Waals surface area (Å²) in [5.74, 6) is -1.73. The van der Waals surface area contributed by atoms with Crippen LogP contribution >= 0.6 is 0 Å². The highest BCUT2D eigenvalue weighted by atomic mass is 19.4. The van der Waals surface area contributed by atoms with Gasteiger partial charge >= 0.3 is 12.1 Å². The molecule has 1 heterocycles. The van der Waals surface area contributed by atoms with E-state index in [0.717, 1.165) is 31.4 Å². The molecule has 0 radical (unpaired) electrons. The number of hydrogen-bond donors (Lipinski definition) is 1. The molecular formula is C24H29F3N2O5. The highest BCUT2D eigenvalue weighted by Crippen LogP contribution is 2.41. The molecule has 2 bridgehead atoms. The molecule has 0 spiro atoms. The Kier molecular flexibility index (Phi) is 7.16. The Bertz CT molecular complexity index is 929. The van der Waals surface area contributed by atoms with Crippen molar-refractivity contribution in [2.45, 2.75) is 51.3 Å². The number of carbonyl (C=O) groups excluding carboxylic acids is 3. The number of benzene rings is 1. The second-order valence-corrected chi connectivity index (χ2v) is 9.29. The summed E-state index contributed by atoms with van der Waals surface area (Å²) in [6, 6.07) is 3.20. The SMILES string of the molecule is CC(OC(=O)C1CC2CCCC(C1)C2=O)C(=O)Nc1cc(C(F)(F)F)ccc1N1CCOCC1. The number of rotatable bonds is 5. The van der Waals surface area contributed by atoms with E-state index in [4.69, 9.17) is 9.47 Å². The van der Waals surface area contributed by atoms with Gasteiger partial charge in [-0.15, -0.1) is 0 Å². The third-order valence-corrected chi connectivity index (χ3v) is 6.98. The normalized spacial score (nSPS) is 26.1. The van der Waals surface area contributed by atoms with Crippen molar-refractivity contribution in [2.75, 3.05) is 36.5 Å². The van der Waals surface area contributed by atoms with Crippen molar-refractivity contribution in [3.8, 4) is 0 Å². The Labute approximate surface area is 196 Å². The van der Waals surface area contributed by atoms with Gasteiger partial charge in [0, 0.05) is 24.9 Å². The standard InChI is InChI=1S/C24H29F3N2O5/c1-14(34-23(32)17-11-15-3-2-4-16(12-17)21(15)30)22(31)28-19-13-18(24(25,26)27)5-6-20(19)29-7-9-33-10-8-29/h5-6,13-17H,2-4,7-12H2,1H3,(H,28,31). The van der Waals surface area contributed by atoms with Crippen LogP contribution in [0, 0.1) is 17.8 Å². The van der Waals surface area contributed by atoms with Crippen LogP contribution in [-0.4, -0.2) is 50.1 Å². The predicted molar refractivity (Wildman–Crippen MR) is 117 cm³/mol. The van der Waals surface area contributed by atoms with Crippen molar-refractivity contribution in [2.24, 2.45) is 17.8 Å². The van der Waals surface area contributed by atoms with Gasteiger partial charge in [0.1, 0.15) is 5.78 Å². The third-order valence-electron chi connectivity index (χ3n) is 6.98. The molecule has 1 aliphatic heterocycles. The predicted octanol–water partition coefficient (Wildman–Crippen LogP) is 3.81. The van der Waals surface area contributed by atoms with Crippen molar-refractivity contribution in [3.05, 3.63) is 23.8 Å². The van der Waals surface area contributed by atoms with Crippen LogP contribution in [-0.2, 0) is 30.0 Å². The molecule has 0 aromatic heterocycles. The molecule has 1 aromatic carbocycles. The van der Waals surface area contributed by atoms with Gasteiger partial charge in [-0.2, -0.15) is 13.2 Å². The highest BCUT2D eigenvalue weighted by Gasteiger charge is 2.42. The number of morpholine rings is 1. The summed E-state index contributed by atoms with van der Waals surface area (Å²) < 4.78 is 50.6. The van der Waals surface area contributed by atoms with Gasteiger partial charge in [0.25, 0.3) is 5.91 Å². The molecule has 2 aliphatic carbocycles. The molecule has 7 nitrogen and oxygen atoms in total. The molecule has 3 aliphatic rings. The van der Waals surface area contributed by atoms with Crippen LogP contribution in [0.2, 0.25) is 0 Å². The number of Topliss-reactive ketones (excluding diaryl/α,β-unsaturated/α-hetero) is 1. The molecule has 1 saturated heterocycles. The van der Waals surface area contributed by atoms with Crippen molar-refractivity contribution in [1.82, 2.24) is 0 Å². The minimum Gasteiger partial charge on any atom is -0.452 e. The van der Waals surface area contributed by atoms with Crippen LogP contribution in [0.4, 0.5) is 24.5 Å². The van der Waals surface area contributed by atoms with Gasteiger partial charge in [-0.3, -0.25) is 14.4 Å². The summed E-state index contributed by atoms with van der Waals surface area (Å²) >= 11 is 0. The van der Waals surface area contributed by atoms with E-state index in [2.05, 4.69) is 5.32 Å². The van der Waals surface area contributed by atoms with Crippen LogP contribution in [0.25, 0.3) is 0 Å². The number of carbonyl (C=O) groups is 3. The van der Waals surface area contributed by atoms with E-state index in [9.17, 15) is 27.6 Å². The number of anilines is 2. The molecule has 1 amide bonds. The molecule has 3 atom stereocenters. The minimum absolute atomic E-state index is 0.00224. The molecule has 2 saturated carbocycles. The zero-order valence-corrected chi connectivity index (χ0v) is 19.0. The maximum absolute atomic E-state index is 13.3. The van der Waals surface area contributed by atoms with Gasteiger partial charge < -0.3 is 19.7 Å². The Morgan fingerprint density at radius 1 is 1.15 bits per heavy atom. The number of ketones is 1. The van der Waals surface area contributed by atoms with Gasteiger partial charge in [-0.1, -0.05) is 6.42 Å². The van der Waals surface area contributed by atoms with E-state index in [1.165, 1.54) is 13.0 Å². The Morgan fingerprint density at radius 2 is 1.79 bits per heavy atom. The lowest BCUT2D eigenvalue weighted by atomic mass is 9.67. The lowest BCUT2D eigenvalue weighted by molar-refractivity contribution is -0.161. The molecule has 1 N–H and O–H groups in total. The zero-order valence-electron chi connectivity index (χ0n) is 19.0. The first-order chi connectivity index (χ1) is 16.1. The first kappa shape index (κ1) is 24.5. The Balaban J connectivity index is 1.44. The van der Waals surface area contributed by atoms with Crippen LogP contribution in [0.1, 0.15) is 44.6 Å². The van der Waals surface area contributed by atoms with Crippen LogP contribution in [0.3, 0.4) is 0 Å². The van der Waals surface area contributed by atoms with E-state index >= 15 is 0 Å². The summed E-state index contributed by atoms with van der Waals surface area (Å²) in [7, 11) is 0. The minimum atomic E-state index is -4.57. The second-order valence-electron chi connectivity index (χ2n) is 9.29. The van der Waals surface area contributed by atoms with Crippen molar-refractivity contribution >= 4 is 29.0 Å². The second kappa shape index (κ2) is 9.93. The first-order valence-electron chi connectivity index (χ1n) is 11.7. The summed E-state index contributed by atoms with van der Waals surface area (Å²) in [6.07, 6.45) is -2.39. The molecule has 3 fully saturated rings. The molecule has 1 aromatic rings. The van der Waals surface area contributed by atoms with Crippen LogP contribution in [0.15, 0.2) is 18.2 Å². The van der Waals surface area contributed by atoms with Gasteiger partial charge in [-0.25, -0.2) is 0 Å². The fourth-order valence-electron chi connectivity index (χ4n) is 5.12. The van der Waals surface area contributed by atoms with Gasteiger partial charge in [0.15, 0.2) is 6.10 Å². The first-order valence-corrected chi connectivity index (χ1v) is 11.7. The maximum Gasteiger partial charge on any atom is 0.416 e. The van der Waals surface area contributed by atoms with Gasteiger partial charge in [-0.05, 0) is 50.8 Å². The Morgan fingerprint density at radius 3 is 2.41 bits per heavy atom. The van der Waals surface area contributed by atoms with Crippen molar-refractivity contribution in [1.29, 1.82) is 0 Å². The maximum atomic E-state index is 13.3. The van der Waals surface area contributed by atoms with E-state index in [1.807, 2.05) is 4.90 Å². The molecule has 10 heteroatoms. The zero-order chi connectivity index (χ0) is 24.5. The summed E-state index contributed by atoms with van der Waals surface area (Å²) in [5, 5.41) is 2.52. The lowest BCUT2D eigenvalue weighted by Gasteiger charge is -2.36. The molecule has 186 valence electrons. The number of alkyl halides is 3. The molecule has 34 heavy (non-hydrogen) atoms. The van der Waals surface area contributed by atoms with E-state index < -0.39 is 35.6 Å². The lowest BCUT2D eigenvalue weighted by Crippen LogP contribution is -2.41. The smallest absolute Gasteiger partial charge is 0.416 e. The number of hydrogen-bond acceptors (Lipinski definition) is 6. The number of esters is 1. The van der Waals surface area contributed by atoms with Crippen molar-refractivity contribution < 1.29 is 37.0 Å². The van der Waals surface area contributed by atoms with Crippen molar-refractivity contribution in [3.63, 3.8) is 0 Å². The number of halogens is 3. The summed E-state index contributed by atoms with van der Waals surface area (Å²) in [5.41, 5.74) is -0.438. The van der Waals surface area contributed by atoms with E-state index in [1.54, 1.807) is 0 Å². The fraction of sp³-hybridized carbons (Fsp3) is 0.625. The number of nitrogens with one attached hydrogen (secondary N) is 1. The quantitative estimate of drug-likeness (QED) is 0.643. The number of fused-ring (bicyclic) bond motifs is 2. The average Bonchev–Trinajstić information content (AvgIpc) is 2.78. The summed E-state index contributed by atoms with van der Waals surface area (Å²) in [4.78, 5) is 39.6. The monoisotopic (exact) mass is 482 g/mol. The van der Waals surface area contributed by atoms with E-state index in [-0.39, 0.29) is 23.3 Å². The topological polar surface area (TPSA) is 84.9 Å². The van der Waals surface area contributed by atoms with Crippen LogP contribution < -0.4 is 10.2 Å². The van der Waals surface area contributed by atoms with E-state index in [0.29, 0.717) is 44.8 Å². The number of ether oxygens (including phenoxy) is 2. The summed E-state index contributed by atoms with van der Waals surface area (Å²) in [6.45, 7) is 3.19. The van der Waals surface area contributed by atoms with Gasteiger partial charge in [0.05, 0.1) is 36.1 Å². The van der Waals surface area contributed by atoms with Gasteiger partial charge in [0.2, 0.25) is 0 Å². The third kappa shape index (κ3) is 5.37. The average molecular weight is 482 g/mol. The number of nitrogens with zero attached hydrogens (tertiary/aromatic N) is 1.